The third-order valence-electron chi connectivity index (χ3n) is 17.2. The summed E-state index contributed by atoms with van der Waals surface area (Å²) in [5.74, 6) is -11.4. The second kappa shape index (κ2) is 38.9. The molecule has 7 rings (SSSR count). The third-order valence-corrected chi connectivity index (χ3v) is 17.2. The number of benzene rings is 5. The van der Waals surface area contributed by atoms with Crippen LogP contribution in [0, 0.1) is 11.7 Å². The molecule has 2 heterocycles. The number of guanidine groups is 2. The number of carboxylic acids is 1. The standard InChI is InChI=1S/C72H92FN17O14/c1-40(2)31-54(63(97)84-53(16-9-29-79-72(76)77)70(104)90-30-10-17-60(90)69(103)81-38-61(94)95)85-62(96)52(15-8-28-78-71(74)75)83-65(99)56(34-43-21-26-49(93)27-22-43)87-68(102)59(39-91)89-67(101)58(36-47-37-80-51-14-7-6-13-50(47)51)88-66(100)57(33-42-19-24-48(73)25-20-42)86-64(98)55(82-41(3)92)35-44-18-23-45-11-4-5-12-46(45)32-44/h4-7,11-14,18-27,32,37,40,52-60,80,91,93H,8-10,15-17,28-31,33-36,38-39H2,1-3H3,(H,81,103)(H,82,92)(H,83,99)(H,84,97)(H,85,96)(H,86,98)(H,87,102)(H,88,100)(H,89,101)(H,94,95)(H4,74,75,78)(H4,76,77,79)/t52-,53+,54+,55-,56+,57-,58-,59+,60+/m1/s1. The molecule has 5 aromatic carbocycles. The van der Waals surface area contributed by atoms with Crippen molar-refractivity contribution in [2.24, 2.45) is 38.8 Å². The van der Waals surface area contributed by atoms with Crippen molar-refractivity contribution >= 4 is 98.6 Å². The van der Waals surface area contributed by atoms with Crippen molar-refractivity contribution in [1.29, 1.82) is 0 Å². The SMILES string of the molecule is CC(=O)N[C@H](Cc1ccc2ccccc2c1)C(=O)N[C@H](Cc1ccc(F)cc1)C(=O)N[C@H](Cc1c[nH]c2ccccc12)C(=O)N[C@@H](CO)C(=O)N[C@@H](Cc1ccc(O)cc1)C(=O)N[C@H](CCCN=C(N)N)C(=O)N[C@@H](CC(C)C)C(=O)N[C@@H](CCCN=C(N)N)C(=O)N1CCC[C@H]1C(=O)NCC(=O)O. The molecular weight excluding hydrogens is 1350 g/mol. The number of carbonyl (C=O) groups excluding carboxylic acids is 10. The van der Waals surface area contributed by atoms with Crippen molar-refractivity contribution < 1.29 is 72.4 Å². The fourth-order valence-corrected chi connectivity index (χ4v) is 12.0. The molecule has 31 nitrogen and oxygen atoms in total. The highest BCUT2D eigenvalue weighted by Crippen LogP contribution is 2.23. The first-order valence-electron chi connectivity index (χ1n) is 34.1. The summed E-state index contributed by atoms with van der Waals surface area (Å²) in [6.07, 6.45) is 1.28. The van der Waals surface area contributed by atoms with Gasteiger partial charge in [-0.1, -0.05) is 98.8 Å². The Hall–Kier alpha value is -11.7. The number of carboxylic acid groups (broad SMARTS) is 1. The van der Waals surface area contributed by atoms with Gasteiger partial charge in [0.1, 0.15) is 72.5 Å². The van der Waals surface area contributed by atoms with Crippen molar-refractivity contribution in [3.05, 3.63) is 150 Å². The van der Waals surface area contributed by atoms with E-state index in [4.69, 9.17) is 22.9 Å². The number of phenols is 1. The van der Waals surface area contributed by atoms with Crippen molar-refractivity contribution in [3.8, 4) is 5.75 Å². The van der Waals surface area contributed by atoms with Crippen LogP contribution in [0.1, 0.15) is 88.0 Å². The van der Waals surface area contributed by atoms with E-state index < -0.39 is 138 Å². The van der Waals surface area contributed by atoms with Crippen LogP contribution in [0.2, 0.25) is 0 Å². The molecule has 0 unspecified atom stereocenters. The minimum atomic E-state index is -1.87. The number of nitrogens with two attached hydrogens (primary N) is 4. The molecule has 0 saturated carbocycles. The van der Waals surface area contributed by atoms with Gasteiger partial charge < -0.3 is 96.0 Å². The maximum Gasteiger partial charge on any atom is 0.322 e. The predicted molar refractivity (Wildman–Crippen MR) is 384 cm³/mol. The van der Waals surface area contributed by atoms with Gasteiger partial charge in [0.05, 0.1) is 6.61 Å². The number of hydrogen-bond donors (Lipinski definition) is 17. The van der Waals surface area contributed by atoms with Crippen LogP contribution < -0.4 is 70.8 Å². The van der Waals surface area contributed by atoms with Gasteiger partial charge in [-0.05, 0) is 114 Å². The van der Waals surface area contributed by atoms with Crippen LogP contribution in [0.25, 0.3) is 21.7 Å². The number of nitrogens with one attached hydrogen (secondary N) is 10. The molecule has 1 fully saturated rings. The molecule has 21 N–H and O–H groups in total. The van der Waals surface area contributed by atoms with Crippen LogP contribution in [0.3, 0.4) is 0 Å². The number of aromatic hydroxyl groups is 1. The second-order valence-electron chi connectivity index (χ2n) is 25.8. The summed E-state index contributed by atoms with van der Waals surface area (Å²) >= 11 is 0. The molecule has 1 aliphatic heterocycles. The Kier molecular flexibility index (Phi) is 29.8. The normalized spacial score (nSPS) is 14.9. The minimum absolute atomic E-state index is 0.00456. The molecule has 0 aliphatic carbocycles. The fraction of sp³-hybridized carbons (Fsp3) is 0.403. The van der Waals surface area contributed by atoms with Crippen LogP contribution in [-0.2, 0) is 78.4 Å². The first-order valence-corrected chi connectivity index (χ1v) is 34.1. The summed E-state index contributed by atoms with van der Waals surface area (Å²) in [7, 11) is 0. The van der Waals surface area contributed by atoms with E-state index in [1.54, 1.807) is 50.4 Å². The Morgan fingerprint density at radius 3 is 1.62 bits per heavy atom. The summed E-state index contributed by atoms with van der Waals surface area (Å²) < 4.78 is 14.3. The third kappa shape index (κ3) is 24.5. The Bertz CT molecular complexity index is 4070. The van der Waals surface area contributed by atoms with Crippen LogP contribution in [0.4, 0.5) is 4.39 Å². The first kappa shape index (κ1) is 79.6. The number of aliphatic hydroxyl groups is 1. The van der Waals surface area contributed by atoms with Crippen molar-refractivity contribution in [3.63, 3.8) is 0 Å². The van der Waals surface area contributed by atoms with E-state index in [9.17, 15) is 72.4 Å². The number of hydrogen-bond acceptors (Lipinski definition) is 15. The highest BCUT2D eigenvalue weighted by atomic mass is 19.1. The van der Waals surface area contributed by atoms with Crippen molar-refractivity contribution in [1.82, 2.24) is 57.7 Å². The van der Waals surface area contributed by atoms with Crippen molar-refractivity contribution in [2.75, 3.05) is 32.8 Å². The summed E-state index contributed by atoms with van der Waals surface area (Å²) in [6, 6.07) is 17.7. The van der Waals surface area contributed by atoms with Crippen LogP contribution in [0.15, 0.2) is 131 Å². The Labute approximate surface area is 599 Å². The lowest BCUT2D eigenvalue weighted by Crippen LogP contribution is -2.61. The number of para-hydroxylation sites is 1. The highest BCUT2D eigenvalue weighted by Gasteiger charge is 2.40. The largest absolute Gasteiger partial charge is 0.508 e. The molecule has 9 atom stereocenters. The highest BCUT2D eigenvalue weighted by molar-refractivity contribution is 6.00. The van der Waals surface area contributed by atoms with E-state index in [2.05, 4.69) is 62.8 Å². The number of nitrogens with zero attached hydrogens (tertiary/aromatic N) is 3. The number of rotatable bonds is 38. The molecule has 104 heavy (non-hydrogen) atoms. The summed E-state index contributed by atoms with van der Waals surface area (Å²) in [4.78, 5) is 167. The number of fused-ring (bicyclic) bond motifs is 2. The molecule has 0 spiro atoms. The van der Waals surface area contributed by atoms with Crippen molar-refractivity contribution in [2.45, 2.75) is 146 Å². The molecule has 1 aromatic heterocycles. The first-order chi connectivity index (χ1) is 49.6. The van der Waals surface area contributed by atoms with Gasteiger partial charge in [0.15, 0.2) is 11.9 Å². The number of aromatic amines is 1. The monoisotopic (exact) mass is 1440 g/mol. The van der Waals surface area contributed by atoms with E-state index in [0.717, 1.165) is 22.9 Å². The lowest BCUT2D eigenvalue weighted by molar-refractivity contribution is -0.143. The van der Waals surface area contributed by atoms with Gasteiger partial charge in [-0.3, -0.25) is 62.7 Å². The maximum atomic E-state index is 15.0. The van der Waals surface area contributed by atoms with Crippen LogP contribution >= 0.6 is 0 Å². The Morgan fingerprint density at radius 2 is 1.04 bits per heavy atom. The predicted octanol–water partition coefficient (Wildman–Crippen LogP) is -0.328. The van der Waals surface area contributed by atoms with E-state index in [1.165, 1.54) is 48.2 Å². The number of aliphatic imine (C=N–C) groups is 2. The zero-order valence-electron chi connectivity index (χ0n) is 58.0. The number of carbonyl (C=O) groups is 11. The number of likely N-dealkylation sites (tertiary alicyclic amines) is 1. The van der Waals surface area contributed by atoms with E-state index in [0.29, 0.717) is 39.6 Å². The number of halogens is 1. The molecule has 1 saturated heterocycles. The number of aliphatic carboxylic acids is 1. The summed E-state index contributed by atoms with van der Waals surface area (Å²) in [5, 5.41) is 56.5. The lowest BCUT2D eigenvalue weighted by atomic mass is 9.99. The summed E-state index contributed by atoms with van der Waals surface area (Å²) in [6.45, 7) is 3.06. The number of amides is 10. The zero-order chi connectivity index (χ0) is 75.6. The lowest BCUT2D eigenvalue weighted by Gasteiger charge is -2.30. The van der Waals surface area contributed by atoms with Crippen LogP contribution in [-0.4, -0.2) is 189 Å². The molecule has 6 aromatic rings. The average Bonchev–Trinajstić information content (AvgIpc) is 1.04. The fourth-order valence-electron chi connectivity index (χ4n) is 12.0. The number of phenolic OH excluding ortho intramolecular Hbond substituents is 1. The molecule has 0 radical (unpaired) electrons. The number of H-pyrrole nitrogens is 1. The molecule has 556 valence electrons. The van der Waals surface area contributed by atoms with Gasteiger partial charge in [0.25, 0.3) is 0 Å². The molecule has 10 amide bonds. The average molecular weight is 1440 g/mol. The van der Waals surface area contributed by atoms with Gasteiger partial charge in [0, 0.05) is 69.3 Å². The molecule has 1 aliphatic rings. The molecular formula is C72H92FN17O14. The van der Waals surface area contributed by atoms with Gasteiger partial charge in [-0.15, -0.1) is 0 Å². The molecule has 0 bridgehead atoms. The van der Waals surface area contributed by atoms with Gasteiger partial charge in [-0.25, -0.2) is 4.39 Å². The maximum absolute atomic E-state index is 15.0. The van der Waals surface area contributed by atoms with Gasteiger partial charge in [0.2, 0.25) is 59.1 Å². The van der Waals surface area contributed by atoms with E-state index in [1.807, 2.05) is 36.4 Å². The van der Waals surface area contributed by atoms with Gasteiger partial charge in [-0.2, -0.15) is 0 Å². The minimum Gasteiger partial charge on any atom is -0.508 e. The topological polar surface area (TPSA) is 505 Å². The van der Waals surface area contributed by atoms with E-state index >= 15 is 0 Å². The van der Waals surface area contributed by atoms with E-state index in [-0.39, 0.29) is 107 Å². The van der Waals surface area contributed by atoms with Gasteiger partial charge >= 0.3 is 5.97 Å². The zero-order valence-corrected chi connectivity index (χ0v) is 58.0. The number of aromatic nitrogens is 1. The quantitative estimate of drug-likeness (QED) is 0.0134. The smallest absolute Gasteiger partial charge is 0.322 e. The Morgan fingerprint density at radius 1 is 0.567 bits per heavy atom. The second-order valence-corrected chi connectivity index (χ2v) is 25.8. The summed E-state index contributed by atoms with van der Waals surface area (Å²) in [5.41, 5.74) is 24.9. The van der Waals surface area contributed by atoms with Crippen LogP contribution in [0.5, 0.6) is 5.75 Å². The Balaban J connectivity index is 1.15. The number of aliphatic hydroxyl groups excluding tert-OH is 1. The molecule has 32 heteroatoms.